The molecule has 1 aromatic rings. The minimum Gasteiger partial charge on any atom is -0.311 e. The van der Waals surface area contributed by atoms with Crippen molar-refractivity contribution in [1.29, 1.82) is 0 Å². The second-order valence-electron chi connectivity index (χ2n) is 4.25. The standard InChI is InChI=1S/C10H18N4/c1-7(8-4-5-8)10(11-2)9-6-12-13-14(9)3/h6-8,10-11H,4-5H2,1-3H3. The lowest BCUT2D eigenvalue weighted by Gasteiger charge is -2.22. The summed E-state index contributed by atoms with van der Waals surface area (Å²) in [5.74, 6) is 1.57. The van der Waals surface area contributed by atoms with Crippen molar-refractivity contribution in [3.8, 4) is 0 Å². The summed E-state index contributed by atoms with van der Waals surface area (Å²) >= 11 is 0. The Labute approximate surface area is 84.7 Å². The molecule has 1 aliphatic rings. The van der Waals surface area contributed by atoms with Crippen LogP contribution in [0.15, 0.2) is 6.20 Å². The lowest BCUT2D eigenvalue weighted by Crippen LogP contribution is -2.26. The van der Waals surface area contributed by atoms with Gasteiger partial charge in [-0.2, -0.15) is 0 Å². The Hall–Kier alpha value is -0.900. The smallest absolute Gasteiger partial charge is 0.0755 e. The third kappa shape index (κ3) is 1.66. The van der Waals surface area contributed by atoms with E-state index in [2.05, 4.69) is 22.6 Å². The van der Waals surface area contributed by atoms with Gasteiger partial charge in [-0.1, -0.05) is 12.1 Å². The molecule has 1 aliphatic carbocycles. The Morgan fingerprint density at radius 1 is 1.57 bits per heavy atom. The van der Waals surface area contributed by atoms with E-state index in [1.807, 2.05) is 25.0 Å². The van der Waals surface area contributed by atoms with E-state index in [1.54, 1.807) is 0 Å². The zero-order valence-corrected chi connectivity index (χ0v) is 9.07. The van der Waals surface area contributed by atoms with Gasteiger partial charge in [0, 0.05) is 7.05 Å². The van der Waals surface area contributed by atoms with Crippen LogP contribution in [0.2, 0.25) is 0 Å². The maximum atomic E-state index is 3.97. The first-order chi connectivity index (χ1) is 6.74. The van der Waals surface area contributed by atoms with Crippen molar-refractivity contribution in [3.05, 3.63) is 11.9 Å². The number of nitrogens with zero attached hydrogens (tertiary/aromatic N) is 3. The van der Waals surface area contributed by atoms with E-state index in [-0.39, 0.29) is 0 Å². The number of rotatable bonds is 4. The molecule has 0 aliphatic heterocycles. The Balaban J connectivity index is 2.16. The number of hydrogen-bond acceptors (Lipinski definition) is 3. The monoisotopic (exact) mass is 194 g/mol. The molecular formula is C10H18N4. The van der Waals surface area contributed by atoms with Crippen LogP contribution in [0.1, 0.15) is 31.5 Å². The van der Waals surface area contributed by atoms with E-state index in [0.717, 1.165) is 5.92 Å². The molecule has 1 aromatic heterocycles. The molecule has 1 saturated carbocycles. The summed E-state index contributed by atoms with van der Waals surface area (Å²) in [6.45, 7) is 2.31. The first-order valence-corrected chi connectivity index (χ1v) is 5.26. The van der Waals surface area contributed by atoms with Crippen LogP contribution in [-0.4, -0.2) is 22.0 Å². The van der Waals surface area contributed by atoms with Crippen LogP contribution >= 0.6 is 0 Å². The SMILES string of the molecule is CNC(c1cnnn1C)C(C)C1CC1. The summed E-state index contributed by atoms with van der Waals surface area (Å²) in [5, 5.41) is 11.3. The molecule has 0 amide bonds. The van der Waals surface area contributed by atoms with E-state index in [4.69, 9.17) is 0 Å². The predicted octanol–water partition coefficient (Wildman–Crippen LogP) is 1.12. The van der Waals surface area contributed by atoms with Crippen LogP contribution in [0.25, 0.3) is 0 Å². The molecule has 1 heterocycles. The van der Waals surface area contributed by atoms with Crippen molar-refractivity contribution in [2.75, 3.05) is 7.05 Å². The largest absolute Gasteiger partial charge is 0.311 e. The van der Waals surface area contributed by atoms with E-state index in [9.17, 15) is 0 Å². The van der Waals surface area contributed by atoms with Crippen molar-refractivity contribution in [3.63, 3.8) is 0 Å². The van der Waals surface area contributed by atoms with E-state index in [0.29, 0.717) is 12.0 Å². The van der Waals surface area contributed by atoms with Gasteiger partial charge >= 0.3 is 0 Å². The molecule has 0 saturated heterocycles. The topological polar surface area (TPSA) is 42.7 Å². The molecule has 2 rings (SSSR count). The molecule has 2 atom stereocenters. The second kappa shape index (κ2) is 3.69. The van der Waals surface area contributed by atoms with Gasteiger partial charge in [-0.05, 0) is 31.7 Å². The average Bonchev–Trinajstić information content (AvgIpc) is 2.94. The third-order valence-electron chi connectivity index (χ3n) is 3.27. The molecule has 2 unspecified atom stereocenters. The summed E-state index contributed by atoms with van der Waals surface area (Å²) < 4.78 is 1.86. The molecule has 14 heavy (non-hydrogen) atoms. The van der Waals surface area contributed by atoms with Gasteiger partial charge in [0.25, 0.3) is 0 Å². The molecule has 0 bridgehead atoms. The molecular weight excluding hydrogens is 176 g/mol. The molecule has 4 heteroatoms. The molecule has 1 N–H and O–H groups in total. The number of nitrogens with one attached hydrogen (secondary N) is 1. The van der Waals surface area contributed by atoms with Crippen molar-refractivity contribution >= 4 is 0 Å². The molecule has 0 spiro atoms. The zero-order chi connectivity index (χ0) is 10.1. The van der Waals surface area contributed by atoms with Crippen LogP contribution in [-0.2, 0) is 7.05 Å². The lowest BCUT2D eigenvalue weighted by molar-refractivity contribution is 0.352. The molecule has 78 valence electrons. The Kier molecular flexibility index (Phi) is 2.54. The molecule has 0 aromatic carbocycles. The van der Waals surface area contributed by atoms with Gasteiger partial charge in [-0.3, -0.25) is 4.68 Å². The lowest BCUT2D eigenvalue weighted by atomic mass is 9.94. The molecule has 0 radical (unpaired) electrons. The maximum Gasteiger partial charge on any atom is 0.0755 e. The second-order valence-corrected chi connectivity index (χ2v) is 4.25. The first kappa shape index (κ1) is 9.65. The summed E-state index contributed by atoms with van der Waals surface area (Å²) in [7, 11) is 3.96. The maximum absolute atomic E-state index is 3.97. The normalized spacial score (nSPS) is 20.8. The van der Waals surface area contributed by atoms with Gasteiger partial charge in [0.2, 0.25) is 0 Å². The Morgan fingerprint density at radius 2 is 2.29 bits per heavy atom. The van der Waals surface area contributed by atoms with Crippen LogP contribution in [0, 0.1) is 11.8 Å². The first-order valence-electron chi connectivity index (χ1n) is 5.26. The van der Waals surface area contributed by atoms with E-state index < -0.39 is 0 Å². The molecule has 1 fully saturated rings. The van der Waals surface area contributed by atoms with Gasteiger partial charge < -0.3 is 5.32 Å². The van der Waals surface area contributed by atoms with Gasteiger partial charge in [0.15, 0.2) is 0 Å². The van der Waals surface area contributed by atoms with Gasteiger partial charge in [-0.15, -0.1) is 5.10 Å². The number of aryl methyl sites for hydroxylation is 1. The predicted molar refractivity (Wildman–Crippen MR) is 54.7 cm³/mol. The minimum absolute atomic E-state index is 0.391. The van der Waals surface area contributed by atoms with E-state index in [1.165, 1.54) is 18.5 Å². The highest BCUT2D eigenvalue weighted by atomic mass is 15.4. The zero-order valence-electron chi connectivity index (χ0n) is 9.07. The van der Waals surface area contributed by atoms with Crippen molar-refractivity contribution in [2.24, 2.45) is 18.9 Å². The van der Waals surface area contributed by atoms with Gasteiger partial charge in [0.1, 0.15) is 0 Å². The fourth-order valence-corrected chi connectivity index (χ4v) is 2.15. The Morgan fingerprint density at radius 3 is 2.71 bits per heavy atom. The van der Waals surface area contributed by atoms with Crippen LogP contribution in [0.3, 0.4) is 0 Å². The quantitative estimate of drug-likeness (QED) is 0.781. The van der Waals surface area contributed by atoms with Crippen molar-refractivity contribution < 1.29 is 0 Å². The highest BCUT2D eigenvalue weighted by Gasteiger charge is 2.34. The highest BCUT2D eigenvalue weighted by molar-refractivity contribution is 5.05. The van der Waals surface area contributed by atoms with Crippen LogP contribution in [0.5, 0.6) is 0 Å². The summed E-state index contributed by atoms with van der Waals surface area (Å²) in [5.41, 5.74) is 1.19. The Bertz CT molecular complexity index is 303. The van der Waals surface area contributed by atoms with Crippen molar-refractivity contribution in [2.45, 2.75) is 25.8 Å². The summed E-state index contributed by atoms with van der Waals surface area (Å²) in [4.78, 5) is 0. The number of hydrogen-bond donors (Lipinski definition) is 1. The average molecular weight is 194 g/mol. The third-order valence-corrected chi connectivity index (χ3v) is 3.27. The highest BCUT2D eigenvalue weighted by Crippen LogP contribution is 2.42. The minimum atomic E-state index is 0.391. The molecule has 4 nitrogen and oxygen atoms in total. The van der Waals surface area contributed by atoms with Gasteiger partial charge in [-0.25, -0.2) is 0 Å². The summed E-state index contributed by atoms with van der Waals surface area (Å²) in [6.07, 6.45) is 4.62. The van der Waals surface area contributed by atoms with Gasteiger partial charge in [0.05, 0.1) is 17.9 Å². The fraction of sp³-hybridized carbons (Fsp3) is 0.800. The van der Waals surface area contributed by atoms with Crippen LogP contribution < -0.4 is 5.32 Å². The number of aromatic nitrogens is 3. The van der Waals surface area contributed by atoms with E-state index >= 15 is 0 Å². The van der Waals surface area contributed by atoms with Crippen LogP contribution in [0.4, 0.5) is 0 Å². The van der Waals surface area contributed by atoms with Crippen molar-refractivity contribution in [1.82, 2.24) is 20.3 Å². The fourth-order valence-electron chi connectivity index (χ4n) is 2.15. The summed E-state index contributed by atoms with van der Waals surface area (Å²) in [6, 6.07) is 0.391.